The quantitative estimate of drug-likeness (QED) is 0.798. The highest BCUT2D eigenvalue weighted by molar-refractivity contribution is 6.09. The number of alkyl halides is 3. The SMILES string of the molecule is CC(C)(C(=O)NCc1cccnc1)C(=O)Nc1cccc(C(F)(F)F)c1. The predicted octanol–water partition coefficient (Wildman–Crippen LogP) is 3.38. The van der Waals surface area contributed by atoms with Gasteiger partial charge in [0, 0.05) is 24.6 Å². The van der Waals surface area contributed by atoms with Gasteiger partial charge in [-0.05, 0) is 43.7 Å². The number of pyridine rings is 1. The van der Waals surface area contributed by atoms with Gasteiger partial charge in [0.2, 0.25) is 11.8 Å². The summed E-state index contributed by atoms with van der Waals surface area (Å²) in [5.74, 6) is -1.26. The maximum atomic E-state index is 12.7. The van der Waals surface area contributed by atoms with Crippen LogP contribution in [0.25, 0.3) is 0 Å². The van der Waals surface area contributed by atoms with Crippen molar-refractivity contribution in [3.05, 3.63) is 59.9 Å². The van der Waals surface area contributed by atoms with E-state index in [-0.39, 0.29) is 12.2 Å². The van der Waals surface area contributed by atoms with Crippen LogP contribution in [-0.4, -0.2) is 16.8 Å². The number of carbonyl (C=O) groups excluding carboxylic acids is 2. The Morgan fingerprint density at radius 3 is 2.42 bits per heavy atom. The van der Waals surface area contributed by atoms with Gasteiger partial charge in [0.15, 0.2) is 0 Å². The molecule has 0 aliphatic rings. The minimum Gasteiger partial charge on any atom is -0.351 e. The molecule has 0 spiro atoms. The summed E-state index contributed by atoms with van der Waals surface area (Å²) < 4.78 is 38.2. The van der Waals surface area contributed by atoms with Crippen molar-refractivity contribution in [3.8, 4) is 0 Å². The zero-order chi connectivity index (χ0) is 19.4. The van der Waals surface area contributed by atoms with Gasteiger partial charge in [-0.1, -0.05) is 12.1 Å². The van der Waals surface area contributed by atoms with Crippen LogP contribution < -0.4 is 10.6 Å². The number of amides is 2. The second kappa shape index (κ2) is 7.55. The van der Waals surface area contributed by atoms with Gasteiger partial charge in [0.25, 0.3) is 0 Å². The fourth-order valence-electron chi connectivity index (χ4n) is 2.07. The summed E-state index contributed by atoms with van der Waals surface area (Å²) >= 11 is 0. The minimum absolute atomic E-state index is 0.0297. The molecule has 0 atom stereocenters. The highest BCUT2D eigenvalue weighted by atomic mass is 19.4. The molecule has 26 heavy (non-hydrogen) atoms. The highest BCUT2D eigenvalue weighted by Gasteiger charge is 2.36. The number of carbonyl (C=O) groups is 2. The Hall–Kier alpha value is -2.90. The van der Waals surface area contributed by atoms with Crippen LogP contribution in [0.5, 0.6) is 0 Å². The molecular weight excluding hydrogens is 347 g/mol. The number of anilines is 1. The third kappa shape index (κ3) is 4.81. The minimum atomic E-state index is -4.52. The maximum absolute atomic E-state index is 12.7. The molecule has 0 saturated heterocycles. The van der Waals surface area contributed by atoms with Crippen molar-refractivity contribution in [1.82, 2.24) is 10.3 Å². The first-order valence-electron chi connectivity index (χ1n) is 7.76. The van der Waals surface area contributed by atoms with Crippen LogP contribution in [0.4, 0.5) is 18.9 Å². The Labute approximate surface area is 148 Å². The second-order valence-corrected chi connectivity index (χ2v) is 6.20. The number of hydrogen-bond donors (Lipinski definition) is 2. The third-order valence-corrected chi connectivity index (χ3v) is 3.76. The van der Waals surface area contributed by atoms with Crippen LogP contribution in [-0.2, 0) is 22.3 Å². The Morgan fingerprint density at radius 2 is 1.81 bits per heavy atom. The first-order valence-corrected chi connectivity index (χ1v) is 7.76. The normalized spacial score (nSPS) is 11.7. The standard InChI is InChI=1S/C18H18F3N3O2/c1-17(2,15(25)23-11-12-5-4-8-22-10-12)16(26)24-14-7-3-6-13(9-14)18(19,20)21/h3-10H,11H2,1-2H3,(H,23,25)(H,24,26). The van der Waals surface area contributed by atoms with Crippen LogP contribution in [0.3, 0.4) is 0 Å². The van der Waals surface area contributed by atoms with Crippen molar-refractivity contribution < 1.29 is 22.8 Å². The molecule has 2 rings (SSSR count). The Kier molecular flexibility index (Phi) is 5.64. The molecule has 138 valence electrons. The lowest BCUT2D eigenvalue weighted by atomic mass is 9.90. The van der Waals surface area contributed by atoms with Crippen molar-refractivity contribution in [2.45, 2.75) is 26.6 Å². The molecule has 0 unspecified atom stereocenters. The Morgan fingerprint density at radius 1 is 1.08 bits per heavy atom. The molecule has 2 aromatic rings. The molecule has 1 aromatic carbocycles. The molecule has 0 bridgehead atoms. The molecular formula is C18H18F3N3O2. The zero-order valence-corrected chi connectivity index (χ0v) is 14.2. The molecule has 0 fully saturated rings. The van der Waals surface area contributed by atoms with Crippen molar-refractivity contribution in [3.63, 3.8) is 0 Å². The number of benzene rings is 1. The lowest BCUT2D eigenvalue weighted by molar-refractivity contribution is -0.139. The number of nitrogens with zero attached hydrogens (tertiary/aromatic N) is 1. The van der Waals surface area contributed by atoms with Crippen molar-refractivity contribution >= 4 is 17.5 Å². The first kappa shape index (κ1) is 19.4. The lowest BCUT2D eigenvalue weighted by Crippen LogP contribution is -2.44. The van der Waals surface area contributed by atoms with Gasteiger partial charge in [0.1, 0.15) is 5.41 Å². The van der Waals surface area contributed by atoms with Gasteiger partial charge in [-0.25, -0.2) is 0 Å². The Balaban J connectivity index is 2.04. The number of aromatic nitrogens is 1. The fraction of sp³-hybridized carbons (Fsp3) is 0.278. The summed E-state index contributed by atoms with van der Waals surface area (Å²) in [4.78, 5) is 28.6. The first-order chi connectivity index (χ1) is 12.1. The molecule has 0 aliphatic carbocycles. The number of halogens is 3. The molecule has 1 heterocycles. The summed E-state index contributed by atoms with van der Waals surface area (Å²) in [7, 11) is 0. The van der Waals surface area contributed by atoms with Gasteiger partial charge in [-0.2, -0.15) is 13.2 Å². The Bertz CT molecular complexity index is 790. The topological polar surface area (TPSA) is 71.1 Å². The molecule has 1 aromatic heterocycles. The average molecular weight is 365 g/mol. The monoisotopic (exact) mass is 365 g/mol. The fourth-order valence-corrected chi connectivity index (χ4v) is 2.07. The van der Waals surface area contributed by atoms with E-state index in [4.69, 9.17) is 0 Å². The van der Waals surface area contributed by atoms with Crippen LogP contribution in [0, 0.1) is 5.41 Å². The van der Waals surface area contributed by atoms with E-state index in [0.29, 0.717) is 0 Å². The smallest absolute Gasteiger partial charge is 0.351 e. The van der Waals surface area contributed by atoms with Gasteiger partial charge < -0.3 is 10.6 Å². The zero-order valence-electron chi connectivity index (χ0n) is 14.2. The van der Waals surface area contributed by atoms with Crippen molar-refractivity contribution in [2.75, 3.05) is 5.32 Å². The van der Waals surface area contributed by atoms with Gasteiger partial charge in [-0.15, -0.1) is 0 Å². The number of rotatable bonds is 5. The van der Waals surface area contributed by atoms with Gasteiger partial charge in [-0.3, -0.25) is 14.6 Å². The van der Waals surface area contributed by atoms with Crippen LogP contribution in [0.1, 0.15) is 25.0 Å². The maximum Gasteiger partial charge on any atom is 0.416 e. The van der Waals surface area contributed by atoms with E-state index in [9.17, 15) is 22.8 Å². The summed E-state index contributed by atoms with van der Waals surface area (Å²) in [6, 6.07) is 7.73. The van der Waals surface area contributed by atoms with E-state index < -0.39 is 29.0 Å². The second-order valence-electron chi connectivity index (χ2n) is 6.20. The molecule has 8 heteroatoms. The van der Waals surface area contributed by atoms with Crippen molar-refractivity contribution in [2.24, 2.45) is 5.41 Å². The van der Waals surface area contributed by atoms with E-state index in [1.54, 1.807) is 24.5 Å². The predicted molar refractivity (Wildman–Crippen MR) is 89.9 cm³/mol. The number of hydrogen-bond acceptors (Lipinski definition) is 3. The van der Waals surface area contributed by atoms with Crippen LogP contribution in [0.15, 0.2) is 48.8 Å². The van der Waals surface area contributed by atoms with E-state index >= 15 is 0 Å². The van der Waals surface area contributed by atoms with E-state index in [2.05, 4.69) is 15.6 Å². The average Bonchev–Trinajstić information content (AvgIpc) is 2.60. The molecule has 5 nitrogen and oxygen atoms in total. The van der Waals surface area contributed by atoms with E-state index in [1.807, 2.05) is 0 Å². The lowest BCUT2D eigenvalue weighted by Gasteiger charge is -2.23. The molecule has 0 aliphatic heterocycles. The molecule has 0 saturated carbocycles. The third-order valence-electron chi connectivity index (χ3n) is 3.76. The van der Waals surface area contributed by atoms with Gasteiger partial charge in [0.05, 0.1) is 5.56 Å². The largest absolute Gasteiger partial charge is 0.416 e. The van der Waals surface area contributed by atoms with E-state index in [0.717, 1.165) is 17.7 Å². The number of nitrogens with one attached hydrogen (secondary N) is 2. The van der Waals surface area contributed by atoms with E-state index in [1.165, 1.54) is 26.0 Å². The summed E-state index contributed by atoms with van der Waals surface area (Å²) in [5, 5.41) is 4.98. The van der Waals surface area contributed by atoms with Crippen LogP contribution >= 0.6 is 0 Å². The summed E-state index contributed by atoms with van der Waals surface area (Å²) in [6.45, 7) is 2.98. The summed E-state index contributed by atoms with van der Waals surface area (Å²) in [5.41, 5.74) is -1.63. The van der Waals surface area contributed by atoms with Gasteiger partial charge >= 0.3 is 6.18 Å². The van der Waals surface area contributed by atoms with Crippen molar-refractivity contribution in [1.29, 1.82) is 0 Å². The molecule has 2 amide bonds. The summed E-state index contributed by atoms with van der Waals surface area (Å²) in [6.07, 6.45) is -1.34. The highest BCUT2D eigenvalue weighted by Crippen LogP contribution is 2.31. The van der Waals surface area contributed by atoms with Crippen LogP contribution in [0.2, 0.25) is 0 Å². The molecule has 0 radical (unpaired) electrons. The molecule has 2 N–H and O–H groups in total.